The van der Waals surface area contributed by atoms with Gasteiger partial charge in [0.25, 0.3) is 5.91 Å². The van der Waals surface area contributed by atoms with E-state index in [2.05, 4.69) is 47.9 Å². The summed E-state index contributed by atoms with van der Waals surface area (Å²) >= 11 is 0. The lowest BCUT2D eigenvalue weighted by molar-refractivity contribution is -0.130. The summed E-state index contributed by atoms with van der Waals surface area (Å²) in [5, 5.41) is 6.85. The Balaban J connectivity index is 1.58. The third-order valence-electron chi connectivity index (χ3n) is 5.36. The number of aliphatic imine (C=N–C) groups is 1. The molecule has 0 bridgehead atoms. The number of ether oxygens (including phenoxy) is 1. The highest BCUT2D eigenvalue weighted by Crippen LogP contribution is 2.47. The Kier molecular flexibility index (Phi) is 7.33. The zero-order valence-electron chi connectivity index (χ0n) is 18.1. The first kappa shape index (κ1) is 21.7. The average molecular weight is 409 g/mol. The number of carbonyl (C=O) groups excluding carboxylic acids is 1. The van der Waals surface area contributed by atoms with Crippen LogP contribution < -0.4 is 15.4 Å². The normalized spacial score (nSPS) is 14.7. The van der Waals surface area contributed by atoms with Crippen molar-refractivity contribution in [2.75, 3.05) is 33.8 Å². The van der Waals surface area contributed by atoms with Crippen molar-refractivity contribution in [2.24, 2.45) is 4.99 Å². The molecule has 6 heteroatoms. The van der Waals surface area contributed by atoms with Crippen molar-refractivity contribution in [1.29, 1.82) is 0 Å². The number of benzene rings is 2. The average Bonchev–Trinajstić information content (AvgIpc) is 3.56. The molecule has 1 aliphatic carbocycles. The molecule has 6 nitrogen and oxygen atoms in total. The lowest BCUT2D eigenvalue weighted by atomic mass is 9.96. The molecule has 30 heavy (non-hydrogen) atoms. The van der Waals surface area contributed by atoms with Gasteiger partial charge in [-0.15, -0.1) is 0 Å². The van der Waals surface area contributed by atoms with E-state index in [-0.39, 0.29) is 17.9 Å². The molecule has 1 amide bonds. The Morgan fingerprint density at radius 2 is 1.87 bits per heavy atom. The molecule has 0 heterocycles. The Morgan fingerprint density at radius 1 is 1.10 bits per heavy atom. The van der Waals surface area contributed by atoms with Gasteiger partial charge < -0.3 is 20.3 Å². The Bertz CT molecular complexity index is 861. The van der Waals surface area contributed by atoms with Crippen molar-refractivity contribution < 1.29 is 9.53 Å². The lowest BCUT2D eigenvalue weighted by Gasteiger charge is -2.19. The van der Waals surface area contributed by atoms with Crippen LogP contribution in [-0.2, 0) is 16.8 Å². The van der Waals surface area contributed by atoms with Crippen molar-refractivity contribution in [2.45, 2.75) is 31.7 Å². The molecule has 0 spiro atoms. The van der Waals surface area contributed by atoms with Crippen LogP contribution in [0.3, 0.4) is 0 Å². The topological polar surface area (TPSA) is 66.0 Å². The summed E-state index contributed by atoms with van der Waals surface area (Å²) in [5.74, 6) is 1.43. The second-order valence-electron chi connectivity index (χ2n) is 7.92. The van der Waals surface area contributed by atoms with Crippen LogP contribution in [0.4, 0.5) is 0 Å². The minimum Gasteiger partial charge on any atom is -0.484 e. The van der Waals surface area contributed by atoms with E-state index in [9.17, 15) is 4.79 Å². The van der Waals surface area contributed by atoms with E-state index in [1.165, 1.54) is 23.3 Å². The SMILES string of the molecule is CCNC(=NCc1cccc(OCC(=O)N(C)C)c1)NCC1(c2ccccc2)CC1. The number of nitrogens with zero attached hydrogens (tertiary/aromatic N) is 2. The van der Waals surface area contributed by atoms with Gasteiger partial charge in [-0.3, -0.25) is 4.79 Å². The summed E-state index contributed by atoms with van der Waals surface area (Å²) < 4.78 is 5.60. The fraction of sp³-hybridized carbons (Fsp3) is 0.417. The van der Waals surface area contributed by atoms with Crippen LogP contribution in [0.25, 0.3) is 0 Å². The molecular formula is C24H32N4O2. The molecule has 160 valence electrons. The number of carbonyl (C=O) groups is 1. The summed E-state index contributed by atoms with van der Waals surface area (Å²) in [7, 11) is 3.44. The Hall–Kier alpha value is -3.02. The largest absolute Gasteiger partial charge is 0.484 e. The van der Waals surface area contributed by atoms with Crippen molar-refractivity contribution in [3.05, 3.63) is 65.7 Å². The summed E-state index contributed by atoms with van der Waals surface area (Å²) in [6.07, 6.45) is 2.41. The predicted octanol–water partition coefficient (Wildman–Crippen LogP) is 2.94. The molecule has 0 radical (unpaired) electrons. The molecule has 0 unspecified atom stereocenters. The molecule has 0 aliphatic heterocycles. The maximum atomic E-state index is 11.7. The van der Waals surface area contributed by atoms with Crippen LogP contribution in [0.5, 0.6) is 5.75 Å². The maximum Gasteiger partial charge on any atom is 0.259 e. The highest BCUT2D eigenvalue weighted by atomic mass is 16.5. The smallest absolute Gasteiger partial charge is 0.259 e. The van der Waals surface area contributed by atoms with E-state index < -0.39 is 0 Å². The van der Waals surface area contributed by atoms with Gasteiger partial charge in [0.1, 0.15) is 5.75 Å². The third kappa shape index (κ3) is 5.99. The number of amides is 1. The summed E-state index contributed by atoms with van der Waals surface area (Å²) in [4.78, 5) is 18.0. The zero-order valence-corrected chi connectivity index (χ0v) is 18.1. The van der Waals surface area contributed by atoms with E-state index in [1.807, 2.05) is 24.3 Å². The van der Waals surface area contributed by atoms with Crippen LogP contribution in [0.2, 0.25) is 0 Å². The van der Waals surface area contributed by atoms with E-state index >= 15 is 0 Å². The predicted molar refractivity (Wildman–Crippen MR) is 121 cm³/mol. The molecule has 0 aromatic heterocycles. The standard InChI is InChI=1S/C24H32N4O2/c1-4-25-23(27-18-24(13-14-24)20-10-6-5-7-11-20)26-16-19-9-8-12-21(15-19)30-17-22(29)28(2)3/h5-12,15H,4,13-14,16-18H2,1-3H3,(H2,25,26,27). The first-order valence-electron chi connectivity index (χ1n) is 10.5. The summed E-state index contributed by atoms with van der Waals surface area (Å²) in [6.45, 7) is 4.31. The van der Waals surface area contributed by atoms with Gasteiger partial charge in [0.05, 0.1) is 6.54 Å². The number of rotatable bonds is 9. The number of hydrogen-bond acceptors (Lipinski definition) is 3. The monoisotopic (exact) mass is 408 g/mol. The van der Waals surface area contributed by atoms with Gasteiger partial charge in [-0.25, -0.2) is 4.99 Å². The maximum absolute atomic E-state index is 11.7. The van der Waals surface area contributed by atoms with Gasteiger partial charge in [0.2, 0.25) is 0 Å². The molecule has 3 rings (SSSR count). The first-order valence-corrected chi connectivity index (χ1v) is 10.5. The van der Waals surface area contributed by atoms with Crippen LogP contribution >= 0.6 is 0 Å². The molecule has 1 fully saturated rings. The van der Waals surface area contributed by atoms with E-state index in [0.29, 0.717) is 12.3 Å². The summed E-state index contributed by atoms with van der Waals surface area (Å²) in [5.41, 5.74) is 2.65. The number of nitrogens with one attached hydrogen (secondary N) is 2. The number of likely N-dealkylation sites (N-methyl/N-ethyl adjacent to an activating group) is 1. The fourth-order valence-corrected chi connectivity index (χ4v) is 3.28. The van der Waals surface area contributed by atoms with Gasteiger partial charge >= 0.3 is 0 Å². The van der Waals surface area contributed by atoms with Gasteiger partial charge in [-0.2, -0.15) is 0 Å². The van der Waals surface area contributed by atoms with E-state index in [1.54, 1.807) is 14.1 Å². The molecular weight excluding hydrogens is 376 g/mol. The van der Waals surface area contributed by atoms with Crippen molar-refractivity contribution >= 4 is 11.9 Å². The van der Waals surface area contributed by atoms with Crippen molar-refractivity contribution in [3.8, 4) is 5.75 Å². The summed E-state index contributed by atoms with van der Waals surface area (Å²) in [6, 6.07) is 18.4. The molecule has 0 saturated heterocycles. The Labute approximate surface area is 179 Å². The first-order chi connectivity index (χ1) is 14.5. The molecule has 2 N–H and O–H groups in total. The van der Waals surface area contributed by atoms with Gasteiger partial charge in [0.15, 0.2) is 12.6 Å². The number of guanidine groups is 1. The highest BCUT2D eigenvalue weighted by Gasteiger charge is 2.43. The van der Waals surface area contributed by atoms with Crippen LogP contribution in [-0.4, -0.2) is 50.6 Å². The second-order valence-corrected chi connectivity index (χ2v) is 7.92. The molecule has 1 saturated carbocycles. The fourth-order valence-electron chi connectivity index (χ4n) is 3.28. The highest BCUT2D eigenvalue weighted by molar-refractivity contribution is 5.80. The molecule has 1 aliphatic rings. The van der Waals surface area contributed by atoms with E-state index in [4.69, 9.17) is 9.73 Å². The minimum atomic E-state index is -0.0653. The van der Waals surface area contributed by atoms with Gasteiger partial charge in [-0.1, -0.05) is 42.5 Å². The molecule has 0 atom stereocenters. The van der Waals surface area contributed by atoms with Crippen LogP contribution in [0.15, 0.2) is 59.6 Å². The second kappa shape index (κ2) is 10.1. The van der Waals surface area contributed by atoms with E-state index in [0.717, 1.165) is 24.6 Å². The van der Waals surface area contributed by atoms with Gasteiger partial charge in [-0.05, 0) is 43.0 Å². The minimum absolute atomic E-state index is 0.0332. The Morgan fingerprint density at radius 3 is 2.53 bits per heavy atom. The number of hydrogen-bond donors (Lipinski definition) is 2. The van der Waals surface area contributed by atoms with Gasteiger partial charge in [0, 0.05) is 32.6 Å². The molecule has 2 aromatic carbocycles. The van der Waals surface area contributed by atoms with Crippen LogP contribution in [0.1, 0.15) is 30.9 Å². The quantitative estimate of drug-likeness (QED) is 0.495. The molecule has 2 aromatic rings. The van der Waals surface area contributed by atoms with Crippen molar-refractivity contribution in [1.82, 2.24) is 15.5 Å². The zero-order chi connectivity index (χ0) is 21.4. The third-order valence-corrected chi connectivity index (χ3v) is 5.36. The van der Waals surface area contributed by atoms with Crippen LogP contribution in [0, 0.1) is 0 Å². The lowest BCUT2D eigenvalue weighted by Crippen LogP contribution is -2.41. The van der Waals surface area contributed by atoms with Crippen molar-refractivity contribution in [3.63, 3.8) is 0 Å².